The zero-order chi connectivity index (χ0) is 17.5. The normalized spacial score (nSPS) is 15.2. The summed E-state index contributed by atoms with van der Waals surface area (Å²) in [7, 11) is 1.64. The molecule has 0 radical (unpaired) electrons. The number of amides is 1. The lowest BCUT2D eigenvalue weighted by Gasteiger charge is -2.32. The van der Waals surface area contributed by atoms with Gasteiger partial charge in [0.15, 0.2) is 0 Å². The molecule has 0 aliphatic carbocycles. The molecule has 5 nitrogen and oxygen atoms in total. The second kappa shape index (κ2) is 8.62. The molecule has 1 aliphatic heterocycles. The number of likely N-dealkylation sites (tertiary alicyclic amines) is 1. The van der Waals surface area contributed by atoms with Gasteiger partial charge < -0.3 is 15.0 Å². The number of nitrogens with one attached hydrogen (secondary N) is 1. The molecule has 1 fully saturated rings. The number of pyridine rings is 1. The first-order chi connectivity index (χ1) is 12.3. The van der Waals surface area contributed by atoms with Gasteiger partial charge in [-0.05, 0) is 36.6 Å². The minimum atomic E-state index is 0.178. The Morgan fingerprint density at radius 3 is 2.64 bits per heavy atom. The van der Waals surface area contributed by atoms with E-state index in [9.17, 15) is 4.79 Å². The average Bonchev–Trinajstić information content (AvgIpc) is 2.68. The van der Waals surface area contributed by atoms with E-state index in [0.29, 0.717) is 12.5 Å². The van der Waals surface area contributed by atoms with Crippen molar-refractivity contribution in [2.24, 2.45) is 0 Å². The second-order valence-electron chi connectivity index (χ2n) is 6.38. The zero-order valence-electron chi connectivity index (χ0n) is 14.6. The molecule has 3 rings (SSSR count). The zero-order valence-corrected chi connectivity index (χ0v) is 14.6. The first-order valence-electron chi connectivity index (χ1n) is 8.78. The van der Waals surface area contributed by atoms with Gasteiger partial charge in [-0.3, -0.25) is 9.78 Å². The monoisotopic (exact) mass is 339 g/mol. The Hall–Kier alpha value is -2.40. The number of carbonyl (C=O) groups excluding carboxylic acids is 1. The van der Waals surface area contributed by atoms with Crippen LogP contribution >= 0.6 is 0 Å². The summed E-state index contributed by atoms with van der Waals surface area (Å²) in [4.78, 5) is 18.6. The van der Waals surface area contributed by atoms with Crippen molar-refractivity contribution in [3.8, 4) is 5.75 Å². The van der Waals surface area contributed by atoms with E-state index < -0.39 is 0 Å². The number of hydrogen-bond donors (Lipinski definition) is 1. The number of benzene rings is 1. The number of nitrogens with zero attached hydrogens (tertiary/aromatic N) is 2. The van der Waals surface area contributed by atoms with Crippen LogP contribution in [0.2, 0.25) is 0 Å². The van der Waals surface area contributed by atoms with Gasteiger partial charge in [-0.25, -0.2) is 0 Å². The topological polar surface area (TPSA) is 54.5 Å². The van der Waals surface area contributed by atoms with E-state index >= 15 is 0 Å². The Morgan fingerprint density at radius 2 is 1.92 bits per heavy atom. The molecular formula is C20H25N3O2. The highest BCUT2D eigenvalue weighted by molar-refractivity contribution is 5.79. The van der Waals surface area contributed by atoms with Crippen LogP contribution in [-0.2, 0) is 17.8 Å². The van der Waals surface area contributed by atoms with E-state index in [2.05, 4.69) is 10.3 Å². The Labute approximate surface area is 149 Å². The summed E-state index contributed by atoms with van der Waals surface area (Å²) in [5.74, 6) is 0.960. The van der Waals surface area contributed by atoms with Gasteiger partial charge in [0.2, 0.25) is 5.91 Å². The van der Waals surface area contributed by atoms with Crippen molar-refractivity contribution in [1.29, 1.82) is 0 Å². The second-order valence-corrected chi connectivity index (χ2v) is 6.38. The number of carbonyl (C=O) groups is 1. The molecule has 2 heterocycles. The van der Waals surface area contributed by atoms with Crippen LogP contribution in [0.5, 0.6) is 5.75 Å². The quantitative estimate of drug-likeness (QED) is 0.878. The summed E-state index contributed by atoms with van der Waals surface area (Å²) in [5, 5.41) is 3.58. The number of rotatable bonds is 6. The third-order valence-electron chi connectivity index (χ3n) is 4.73. The van der Waals surface area contributed by atoms with Gasteiger partial charge in [0.25, 0.3) is 0 Å². The lowest BCUT2D eigenvalue weighted by molar-refractivity contribution is -0.131. The van der Waals surface area contributed by atoms with Crippen molar-refractivity contribution < 1.29 is 9.53 Å². The molecule has 1 aromatic carbocycles. The van der Waals surface area contributed by atoms with Gasteiger partial charge in [0.05, 0.1) is 13.5 Å². The number of methoxy groups -OCH3 is 1. The van der Waals surface area contributed by atoms with E-state index in [1.54, 1.807) is 7.11 Å². The largest absolute Gasteiger partial charge is 0.496 e. The minimum absolute atomic E-state index is 0.178. The predicted molar refractivity (Wildman–Crippen MR) is 97.4 cm³/mol. The van der Waals surface area contributed by atoms with Crippen molar-refractivity contribution >= 4 is 5.91 Å². The van der Waals surface area contributed by atoms with Crippen molar-refractivity contribution in [3.63, 3.8) is 0 Å². The molecule has 1 aromatic heterocycles. The fraction of sp³-hybridized carbons (Fsp3) is 0.400. The molecule has 0 unspecified atom stereocenters. The van der Waals surface area contributed by atoms with E-state index in [-0.39, 0.29) is 5.91 Å². The average molecular weight is 339 g/mol. The molecule has 1 N–H and O–H groups in total. The van der Waals surface area contributed by atoms with E-state index in [0.717, 1.165) is 43.8 Å². The Bertz CT molecular complexity index is 682. The van der Waals surface area contributed by atoms with Gasteiger partial charge in [0.1, 0.15) is 5.75 Å². The molecule has 25 heavy (non-hydrogen) atoms. The lowest BCUT2D eigenvalue weighted by atomic mass is 10.0. The van der Waals surface area contributed by atoms with Crippen LogP contribution in [0.4, 0.5) is 0 Å². The molecule has 132 valence electrons. The van der Waals surface area contributed by atoms with Gasteiger partial charge in [0, 0.05) is 43.6 Å². The van der Waals surface area contributed by atoms with E-state index in [4.69, 9.17) is 4.74 Å². The summed E-state index contributed by atoms with van der Waals surface area (Å²) < 4.78 is 5.34. The molecule has 1 amide bonds. The lowest BCUT2D eigenvalue weighted by Crippen LogP contribution is -2.45. The van der Waals surface area contributed by atoms with Crippen molar-refractivity contribution in [2.45, 2.75) is 31.8 Å². The fourth-order valence-electron chi connectivity index (χ4n) is 3.22. The highest BCUT2D eigenvalue weighted by Crippen LogP contribution is 2.20. The van der Waals surface area contributed by atoms with Crippen LogP contribution < -0.4 is 10.1 Å². The third-order valence-corrected chi connectivity index (χ3v) is 4.73. The van der Waals surface area contributed by atoms with Crippen LogP contribution in [0.15, 0.2) is 48.8 Å². The van der Waals surface area contributed by atoms with E-state index in [1.165, 1.54) is 5.56 Å². The summed E-state index contributed by atoms with van der Waals surface area (Å²) in [5.41, 5.74) is 2.19. The Balaban J connectivity index is 1.46. The molecule has 2 aromatic rings. The maximum Gasteiger partial charge on any atom is 0.227 e. The third kappa shape index (κ3) is 4.79. The summed E-state index contributed by atoms with van der Waals surface area (Å²) in [6, 6.07) is 12.2. The Kier molecular flexibility index (Phi) is 6.01. The van der Waals surface area contributed by atoms with Crippen LogP contribution in [0.1, 0.15) is 24.0 Å². The highest BCUT2D eigenvalue weighted by Gasteiger charge is 2.23. The minimum Gasteiger partial charge on any atom is -0.496 e. The molecule has 0 spiro atoms. The summed E-state index contributed by atoms with van der Waals surface area (Å²) in [6.45, 7) is 2.46. The fourth-order valence-corrected chi connectivity index (χ4v) is 3.22. The molecular weight excluding hydrogens is 314 g/mol. The summed E-state index contributed by atoms with van der Waals surface area (Å²) in [6.07, 6.45) is 6.01. The van der Waals surface area contributed by atoms with Gasteiger partial charge in [-0.1, -0.05) is 18.2 Å². The molecule has 0 bridgehead atoms. The standard InChI is InChI=1S/C20H25N3O2/c1-25-19-5-3-2-4-17(19)14-20(24)23-12-8-18(9-13-23)22-15-16-6-10-21-11-7-16/h2-7,10-11,18,22H,8-9,12-15H2,1H3. The smallest absolute Gasteiger partial charge is 0.227 e. The first-order valence-corrected chi connectivity index (χ1v) is 8.78. The highest BCUT2D eigenvalue weighted by atomic mass is 16.5. The van der Waals surface area contributed by atoms with Gasteiger partial charge in [-0.2, -0.15) is 0 Å². The molecule has 0 atom stereocenters. The van der Waals surface area contributed by atoms with Gasteiger partial charge in [-0.15, -0.1) is 0 Å². The number of ether oxygens (including phenoxy) is 1. The molecule has 1 saturated heterocycles. The number of para-hydroxylation sites is 1. The van der Waals surface area contributed by atoms with Crippen LogP contribution in [-0.4, -0.2) is 42.0 Å². The SMILES string of the molecule is COc1ccccc1CC(=O)N1CCC(NCc2ccncc2)CC1. The first kappa shape index (κ1) is 17.4. The van der Waals surface area contributed by atoms with Crippen LogP contribution in [0, 0.1) is 0 Å². The number of hydrogen-bond acceptors (Lipinski definition) is 4. The van der Waals surface area contributed by atoms with Gasteiger partial charge >= 0.3 is 0 Å². The van der Waals surface area contributed by atoms with Crippen LogP contribution in [0.25, 0.3) is 0 Å². The molecule has 0 saturated carbocycles. The van der Waals surface area contributed by atoms with Crippen molar-refractivity contribution in [3.05, 3.63) is 59.9 Å². The number of piperidine rings is 1. The van der Waals surface area contributed by atoms with Crippen molar-refractivity contribution in [1.82, 2.24) is 15.2 Å². The van der Waals surface area contributed by atoms with Crippen molar-refractivity contribution in [2.75, 3.05) is 20.2 Å². The maximum absolute atomic E-state index is 12.6. The summed E-state index contributed by atoms with van der Waals surface area (Å²) >= 11 is 0. The van der Waals surface area contributed by atoms with Crippen LogP contribution in [0.3, 0.4) is 0 Å². The molecule has 5 heteroatoms. The maximum atomic E-state index is 12.6. The van der Waals surface area contributed by atoms with E-state index in [1.807, 2.05) is 53.7 Å². The molecule has 1 aliphatic rings. The predicted octanol–water partition coefficient (Wildman–Crippen LogP) is 2.41. The number of aromatic nitrogens is 1. The Morgan fingerprint density at radius 1 is 1.20 bits per heavy atom.